The molecule has 0 fully saturated rings. The van der Waals surface area contributed by atoms with Crippen molar-refractivity contribution in [3.05, 3.63) is 42.0 Å². The predicted octanol–water partition coefficient (Wildman–Crippen LogP) is 2.66. The van der Waals surface area contributed by atoms with Crippen molar-refractivity contribution in [2.45, 2.75) is 13.1 Å². The third-order valence-corrected chi connectivity index (χ3v) is 3.22. The average Bonchev–Trinajstić information content (AvgIpc) is 3.03. The Balaban J connectivity index is 2.62. The van der Waals surface area contributed by atoms with Gasteiger partial charge >= 0.3 is 12.1 Å². The number of nitrogen functional groups attached to an aromatic ring is 1. The molecule has 134 valence electrons. The number of nitrogens with two attached hydrogens (primary N) is 1. The quantitative estimate of drug-likeness (QED) is 0.503. The van der Waals surface area contributed by atoms with Crippen molar-refractivity contribution in [2.75, 3.05) is 19.5 Å². The summed E-state index contributed by atoms with van der Waals surface area (Å²) in [5.41, 5.74) is 4.26. The van der Waals surface area contributed by atoms with Crippen LogP contribution in [0.2, 0.25) is 0 Å². The van der Waals surface area contributed by atoms with Gasteiger partial charge in [0.15, 0.2) is 0 Å². The van der Waals surface area contributed by atoms with Crippen LogP contribution in [0.25, 0.3) is 11.4 Å². The number of methoxy groups -OCH3 is 1. The summed E-state index contributed by atoms with van der Waals surface area (Å²) in [5, 5.41) is 3.75. The van der Waals surface area contributed by atoms with Crippen molar-refractivity contribution >= 4 is 17.4 Å². The molecule has 2 N–H and O–H groups in total. The number of anilines is 1. The Morgan fingerprint density at radius 3 is 2.64 bits per heavy atom. The fourth-order valence-corrected chi connectivity index (χ4v) is 2.04. The van der Waals surface area contributed by atoms with Crippen LogP contribution in [0, 0.1) is 0 Å². The van der Waals surface area contributed by atoms with Gasteiger partial charge in [0.1, 0.15) is 12.1 Å². The average molecular weight is 356 g/mol. The van der Waals surface area contributed by atoms with Crippen molar-refractivity contribution in [3.63, 3.8) is 0 Å². The van der Waals surface area contributed by atoms with Gasteiger partial charge in [-0.25, -0.2) is 14.5 Å². The van der Waals surface area contributed by atoms with E-state index in [1.54, 1.807) is 6.92 Å². The van der Waals surface area contributed by atoms with E-state index in [4.69, 9.17) is 15.2 Å². The molecule has 0 spiro atoms. The van der Waals surface area contributed by atoms with Crippen molar-refractivity contribution in [1.29, 1.82) is 0 Å². The number of aromatic nitrogens is 3. The molecule has 25 heavy (non-hydrogen) atoms. The minimum absolute atomic E-state index is 0.0817. The highest BCUT2D eigenvalue weighted by atomic mass is 19.4. The molecule has 7 nitrogen and oxygen atoms in total. The number of hydrogen-bond donors (Lipinski definition) is 1. The van der Waals surface area contributed by atoms with Crippen LogP contribution in [0.5, 0.6) is 0 Å². The number of carbonyl (C=O) groups is 1. The molecule has 2 rings (SSSR count). The molecule has 10 heteroatoms. The van der Waals surface area contributed by atoms with Crippen LogP contribution >= 0.6 is 0 Å². The van der Waals surface area contributed by atoms with Crippen LogP contribution in [0.15, 0.2) is 25.0 Å². The predicted molar refractivity (Wildman–Crippen MR) is 82.8 cm³/mol. The molecule has 1 aromatic carbocycles. The minimum atomic E-state index is -4.70. The zero-order valence-electron chi connectivity index (χ0n) is 13.4. The van der Waals surface area contributed by atoms with Gasteiger partial charge in [0, 0.05) is 11.3 Å². The number of carbonyl (C=O) groups excluding carboxylic acids is 1. The summed E-state index contributed by atoms with van der Waals surface area (Å²) in [5.74, 6) is -1.12. The van der Waals surface area contributed by atoms with Crippen LogP contribution in [-0.2, 0) is 15.7 Å². The molecule has 0 radical (unpaired) electrons. The molecular weight excluding hydrogens is 341 g/mol. The standard InChI is InChI=1S/C15H15F3N4O3/c1-4-25-14(23)13-20-7-22(21-13)12-5-9(8(2)24-3)11(19)6-10(12)15(16,17)18/h5-7H,2,4,19H2,1,3H3. The first-order valence-corrected chi connectivity index (χ1v) is 7.02. The molecule has 0 saturated carbocycles. The van der Waals surface area contributed by atoms with E-state index in [9.17, 15) is 18.0 Å². The summed E-state index contributed by atoms with van der Waals surface area (Å²) in [4.78, 5) is 15.3. The minimum Gasteiger partial charge on any atom is -0.497 e. The number of alkyl halides is 3. The van der Waals surface area contributed by atoms with Gasteiger partial charge in [0.2, 0.25) is 0 Å². The zero-order chi connectivity index (χ0) is 18.8. The second kappa shape index (κ2) is 6.83. The third-order valence-electron chi connectivity index (χ3n) is 3.22. The summed E-state index contributed by atoms with van der Waals surface area (Å²) in [7, 11) is 1.31. The number of esters is 1. The van der Waals surface area contributed by atoms with Crippen molar-refractivity contribution in [3.8, 4) is 5.69 Å². The van der Waals surface area contributed by atoms with Crippen LogP contribution in [-0.4, -0.2) is 34.5 Å². The normalized spacial score (nSPS) is 11.2. The van der Waals surface area contributed by atoms with E-state index in [0.29, 0.717) is 0 Å². The maximum absolute atomic E-state index is 13.4. The van der Waals surface area contributed by atoms with Crippen LogP contribution in [0.1, 0.15) is 28.7 Å². The number of benzene rings is 1. The van der Waals surface area contributed by atoms with E-state index >= 15 is 0 Å². The van der Waals surface area contributed by atoms with Crippen LogP contribution < -0.4 is 5.73 Å². The van der Waals surface area contributed by atoms with Gasteiger partial charge in [-0.3, -0.25) is 0 Å². The lowest BCUT2D eigenvalue weighted by atomic mass is 10.0. The highest BCUT2D eigenvalue weighted by Crippen LogP contribution is 2.37. The SMILES string of the molecule is C=C(OC)c1cc(-n2cnc(C(=O)OCC)n2)c(C(F)(F)F)cc1N. The van der Waals surface area contributed by atoms with Gasteiger partial charge < -0.3 is 15.2 Å². The van der Waals surface area contributed by atoms with Gasteiger partial charge in [-0.15, -0.1) is 5.10 Å². The van der Waals surface area contributed by atoms with E-state index in [1.165, 1.54) is 7.11 Å². The number of nitrogens with zero attached hydrogens (tertiary/aromatic N) is 3. The van der Waals surface area contributed by atoms with Crippen molar-refractivity contribution in [2.24, 2.45) is 0 Å². The zero-order valence-corrected chi connectivity index (χ0v) is 13.4. The number of hydrogen-bond acceptors (Lipinski definition) is 6. The van der Waals surface area contributed by atoms with Crippen LogP contribution in [0.3, 0.4) is 0 Å². The summed E-state index contributed by atoms with van der Waals surface area (Å²) >= 11 is 0. The lowest BCUT2D eigenvalue weighted by molar-refractivity contribution is -0.137. The molecule has 0 aliphatic carbocycles. The molecule has 0 aliphatic heterocycles. The van der Waals surface area contributed by atoms with Gasteiger partial charge in [-0.1, -0.05) is 6.58 Å². The highest BCUT2D eigenvalue weighted by Gasteiger charge is 2.35. The molecule has 0 amide bonds. The van der Waals surface area contributed by atoms with Gasteiger partial charge in [0.25, 0.3) is 5.82 Å². The Kier molecular flexibility index (Phi) is 5.00. The Morgan fingerprint density at radius 2 is 2.08 bits per heavy atom. The van der Waals surface area contributed by atoms with Crippen LogP contribution in [0.4, 0.5) is 18.9 Å². The maximum Gasteiger partial charge on any atom is 0.418 e. The van der Waals surface area contributed by atoms with Crippen molar-refractivity contribution < 1.29 is 27.4 Å². The number of rotatable bonds is 5. The molecule has 1 aromatic heterocycles. The Labute approximate surface area is 140 Å². The molecule has 0 atom stereocenters. The smallest absolute Gasteiger partial charge is 0.418 e. The first-order valence-electron chi connectivity index (χ1n) is 7.02. The maximum atomic E-state index is 13.4. The summed E-state index contributed by atoms with van der Waals surface area (Å²) in [6.07, 6.45) is -3.72. The Morgan fingerprint density at radius 1 is 1.40 bits per heavy atom. The summed E-state index contributed by atoms with van der Waals surface area (Å²) < 4.78 is 50.5. The van der Waals surface area contributed by atoms with E-state index in [-0.39, 0.29) is 35.1 Å². The topological polar surface area (TPSA) is 92.3 Å². The Bertz CT molecular complexity index is 815. The second-order valence-electron chi connectivity index (χ2n) is 4.81. The first-order chi connectivity index (χ1) is 11.7. The first kappa shape index (κ1) is 18.3. The molecule has 2 aromatic rings. The molecular formula is C15H15F3N4O3. The fourth-order valence-electron chi connectivity index (χ4n) is 2.04. The molecule has 0 unspecified atom stereocenters. The lowest BCUT2D eigenvalue weighted by Crippen LogP contribution is -2.14. The number of ether oxygens (including phenoxy) is 2. The molecule has 0 bridgehead atoms. The van der Waals surface area contributed by atoms with Crippen molar-refractivity contribution in [1.82, 2.24) is 14.8 Å². The fraction of sp³-hybridized carbons (Fsp3) is 0.267. The van der Waals surface area contributed by atoms with E-state index < -0.39 is 17.7 Å². The number of halogens is 3. The van der Waals surface area contributed by atoms with E-state index in [2.05, 4.69) is 16.7 Å². The summed E-state index contributed by atoms with van der Waals surface area (Å²) in [6.45, 7) is 5.25. The Hall–Kier alpha value is -3.04. The van der Waals surface area contributed by atoms with Gasteiger partial charge in [-0.05, 0) is 19.1 Å². The summed E-state index contributed by atoms with van der Waals surface area (Å²) in [6, 6.07) is 1.87. The largest absolute Gasteiger partial charge is 0.497 e. The molecule has 0 saturated heterocycles. The van der Waals surface area contributed by atoms with Gasteiger partial charge in [0.05, 0.1) is 25.0 Å². The highest BCUT2D eigenvalue weighted by molar-refractivity contribution is 5.85. The second-order valence-corrected chi connectivity index (χ2v) is 4.81. The van der Waals surface area contributed by atoms with E-state index in [0.717, 1.165) is 23.1 Å². The molecule has 1 heterocycles. The lowest BCUT2D eigenvalue weighted by Gasteiger charge is -2.16. The van der Waals surface area contributed by atoms with E-state index in [1.807, 2.05) is 0 Å². The monoisotopic (exact) mass is 356 g/mol. The van der Waals surface area contributed by atoms with Gasteiger partial charge in [-0.2, -0.15) is 13.2 Å². The molecule has 0 aliphatic rings. The third kappa shape index (κ3) is 3.73.